The van der Waals surface area contributed by atoms with Crippen LogP contribution in [0.2, 0.25) is 13.1 Å². The maximum absolute atomic E-state index is 2.56. The summed E-state index contributed by atoms with van der Waals surface area (Å²) in [5.74, 6) is 0. The van der Waals surface area contributed by atoms with Gasteiger partial charge in [0, 0.05) is 20.3 Å². The van der Waals surface area contributed by atoms with Crippen molar-refractivity contribution in [3.63, 3.8) is 0 Å². The molecule has 2 unspecified atom stereocenters. The first-order valence-corrected chi connectivity index (χ1v) is 13.2. The highest BCUT2D eigenvalue weighted by atomic mass is 32.2. The quantitative estimate of drug-likeness (QED) is 0.531. The van der Waals surface area contributed by atoms with Gasteiger partial charge in [-0.15, -0.1) is 23.5 Å². The standard InChI is InChI=1S/C20H24S2Si/c1-11-7-15-9-13(3)21-17(15)19(11)23(5,6)20-12(2)8-16-10-14(4)22-18(16)20/h7-10,13-14H,1-6H3. The van der Waals surface area contributed by atoms with Crippen molar-refractivity contribution in [2.75, 3.05) is 0 Å². The van der Waals surface area contributed by atoms with Crippen molar-refractivity contribution in [3.05, 3.63) is 66.8 Å². The molecule has 2 aliphatic heterocycles. The molecule has 120 valence electrons. The number of fused-ring (bicyclic) bond motifs is 2. The van der Waals surface area contributed by atoms with E-state index in [1.54, 1.807) is 20.2 Å². The fourth-order valence-electron chi connectivity index (χ4n) is 4.51. The molecule has 23 heavy (non-hydrogen) atoms. The molecule has 0 aromatic carbocycles. The van der Waals surface area contributed by atoms with Crippen LogP contribution in [0.5, 0.6) is 0 Å². The molecule has 0 nitrogen and oxygen atoms in total. The van der Waals surface area contributed by atoms with Gasteiger partial charge in [-0.2, -0.15) is 0 Å². The predicted molar refractivity (Wildman–Crippen MR) is 109 cm³/mol. The van der Waals surface area contributed by atoms with E-state index in [0.29, 0.717) is 10.5 Å². The lowest BCUT2D eigenvalue weighted by Crippen LogP contribution is -2.34. The number of rotatable bonds is 2. The minimum atomic E-state index is -1.69. The molecule has 0 spiro atoms. The lowest BCUT2D eigenvalue weighted by atomic mass is 10.2. The van der Waals surface area contributed by atoms with E-state index in [2.05, 4.69) is 88.6 Å². The lowest BCUT2D eigenvalue weighted by Gasteiger charge is -2.30. The van der Waals surface area contributed by atoms with E-state index in [1.165, 1.54) is 22.3 Å². The predicted octanol–water partition coefficient (Wildman–Crippen LogP) is 6.32. The van der Waals surface area contributed by atoms with Gasteiger partial charge in [-0.25, -0.2) is 0 Å². The van der Waals surface area contributed by atoms with Crippen LogP contribution >= 0.6 is 23.5 Å². The van der Waals surface area contributed by atoms with Crippen molar-refractivity contribution in [2.45, 2.75) is 51.3 Å². The molecule has 0 amide bonds. The summed E-state index contributed by atoms with van der Waals surface area (Å²) in [6.07, 6.45) is 9.73. The zero-order valence-electron chi connectivity index (χ0n) is 14.8. The smallest absolute Gasteiger partial charge is 0.115 e. The summed E-state index contributed by atoms with van der Waals surface area (Å²) >= 11 is 4.13. The van der Waals surface area contributed by atoms with Crippen LogP contribution in [0.3, 0.4) is 0 Å². The Morgan fingerprint density at radius 3 is 1.57 bits per heavy atom. The van der Waals surface area contributed by atoms with E-state index >= 15 is 0 Å². The van der Waals surface area contributed by atoms with Gasteiger partial charge >= 0.3 is 0 Å². The highest BCUT2D eigenvalue weighted by Gasteiger charge is 2.43. The molecule has 0 aromatic rings. The summed E-state index contributed by atoms with van der Waals surface area (Å²) in [6, 6.07) is 0. The average Bonchev–Trinajstić information content (AvgIpc) is 3.06. The third kappa shape index (κ3) is 2.27. The van der Waals surface area contributed by atoms with Crippen molar-refractivity contribution >= 4 is 31.6 Å². The van der Waals surface area contributed by atoms with Gasteiger partial charge in [-0.1, -0.05) is 37.4 Å². The van der Waals surface area contributed by atoms with Gasteiger partial charge in [0.05, 0.1) is 0 Å². The van der Waals surface area contributed by atoms with Gasteiger partial charge in [-0.3, -0.25) is 0 Å². The highest BCUT2D eigenvalue weighted by Crippen LogP contribution is 2.54. The van der Waals surface area contributed by atoms with Crippen molar-refractivity contribution in [1.82, 2.24) is 0 Å². The maximum atomic E-state index is 2.56. The largest absolute Gasteiger partial charge is 0.118 e. The topological polar surface area (TPSA) is 0 Å². The number of allylic oxidation sites excluding steroid dienone is 8. The van der Waals surface area contributed by atoms with Crippen LogP contribution in [-0.2, 0) is 0 Å². The van der Waals surface area contributed by atoms with Crippen LogP contribution in [0.4, 0.5) is 0 Å². The Morgan fingerprint density at radius 2 is 1.17 bits per heavy atom. The normalized spacial score (nSPS) is 29.7. The SMILES string of the molecule is CC1=CC2=CC(C)SC2=C1[Si](C)(C)C1=C2SC(C)C=C2C=C1C. The van der Waals surface area contributed by atoms with Crippen molar-refractivity contribution < 1.29 is 0 Å². The van der Waals surface area contributed by atoms with E-state index in [9.17, 15) is 0 Å². The van der Waals surface area contributed by atoms with Crippen LogP contribution in [0, 0.1) is 0 Å². The summed E-state index contributed by atoms with van der Waals surface area (Å²) in [5, 5.41) is 4.63. The molecule has 0 saturated carbocycles. The van der Waals surface area contributed by atoms with E-state index < -0.39 is 8.07 Å². The Morgan fingerprint density at radius 1 is 0.783 bits per heavy atom. The maximum Gasteiger partial charge on any atom is 0.115 e. The summed E-state index contributed by atoms with van der Waals surface area (Å²) in [7, 11) is -1.69. The Kier molecular flexibility index (Phi) is 3.57. The van der Waals surface area contributed by atoms with Gasteiger partial charge in [0.25, 0.3) is 0 Å². The molecular formula is C20H24S2Si. The summed E-state index contributed by atoms with van der Waals surface area (Å²) in [4.78, 5) is 3.17. The van der Waals surface area contributed by atoms with Gasteiger partial charge in [0.15, 0.2) is 0 Å². The van der Waals surface area contributed by atoms with Gasteiger partial charge in [0.2, 0.25) is 0 Å². The molecule has 0 aromatic heterocycles. The summed E-state index contributed by atoms with van der Waals surface area (Å²) in [5.41, 5.74) is 6.00. The minimum absolute atomic E-state index is 0.623. The Hall–Kier alpha value is -0.643. The monoisotopic (exact) mass is 356 g/mol. The summed E-state index contributed by atoms with van der Waals surface area (Å²) in [6.45, 7) is 14.4. The lowest BCUT2D eigenvalue weighted by molar-refractivity contribution is 1.26. The first kappa shape index (κ1) is 15.9. The Labute approximate surface area is 149 Å². The van der Waals surface area contributed by atoms with Gasteiger partial charge < -0.3 is 0 Å². The zero-order chi connectivity index (χ0) is 16.5. The summed E-state index contributed by atoms with van der Waals surface area (Å²) < 4.78 is 0. The molecule has 0 saturated heterocycles. The van der Waals surface area contributed by atoms with Crippen LogP contribution in [0.25, 0.3) is 0 Å². The molecule has 3 heteroatoms. The molecule has 2 aliphatic carbocycles. The molecule has 0 N–H and O–H groups in total. The second-order valence-electron chi connectivity index (χ2n) is 7.58. The molecule has 0 bridgehead atoms. The molecule has 0 fully saturated rings. The fraction of sp³-hybridized carbons (Fsp3) is 0.400. The van der Waals surface area contributed by atoms with Crippen molar-refractivity contribution in [2.24, 2.45) is 0 Å². The van der Waals surface area contributed by atoms with Crippen LogP contribution in [-0.4, -0.2) is 18.6 Å². The number of thioether (sulfide) groups is 2. The van der Waals surface area contributed by atoms with E-state index in [4.69, 9.17) is 0 Å². The van der Waals surface area contributed by atoms with Crippen LogP contribution in [0.15, 0.2) is 66.8 Å². The number of hydrogen-bond donors (Lipinski definition) is 0. The third-order valence-corrected chi connectivity index (χ3v) is 11.7. The van der Waals surface area contributed by atoms with Crippen LogP contribution < -0.4 is 0 Å². The molecule has 2 atom stereocenters. The minimum Gasteiger partial charge on any atom is -0.118 e. The van der Waals surface area contributed by atoms with Crippen LogP contribution in [0.1, 0.15) is 27.7 Å². The first-order chi connectivity index (χ1) is 10.8. The van der Waals surface area contributed by atoms with Crippen molar-refractivity contribution in [1.29, 1.82) is 0 Å². The molecule has 2 heterocycles. The number of hydrogen-bond acceptors (Lipinski definition) is 2. The average molecular weight is 357 g/mol. The fourth-order valence-corrected chi connectivity index (χ4v) is 12.4. The second-order valence-corrected chi connectivity index (χ2v) is 14.6. The van der Waals surface area contributed by atoms with E-state index in [-0.39, 0.29) is 0 Å². The van der Waals surface area contributed by atoms with Gasteiger partial charge in [-0.05, 0) is 60.4 Å². The molecular weight excluding hydrogens is 332 g/mol. The zero-order valence-corrected chi connectivity index (χ0v) is 17.4. The molecule has 4 rings (SSSR count). The van der Waals surface area contributed by atoms with Gasteiger partial charge in [0.1, 0.15) is 8.07 Å². The van der Waals surface area contributed by atoms with E-state index in [0.717, 1.165) is 0 Å². The Balaban J connectivity index is 1.87. The molecule has 4 aliphatic rings. The third-order valence-electron chi connectivity index (χ3n) is 5.20. The second kappa shape index (κ2) is 5.17. The van der Waals surface area contributed by atoms with Crippen molar-refractivity contribution in [3.8, 4) is 0 Å². The molecule has 0 radical (unpaired) electrons. The first-order valence-electron chi connectivity index (χ1n) is 8.43. The highest BCUT2D eigenvalue weighted by molar-refractivity contribution is 8.04. The Bertz CT molecular complexity index is 733. The van der Waals surface area contributed by atoms with E-state index in [1.807, 2.05) is 0 Å².